The normalized spacial score (nSPS) is 16.3. The van der Waals surface area contributed by atoms with E-state index in [0.29, 0.717) is 22.8 Å². The van der Waals surface area contributed by atoms with Gasteiger partial charge in [0.25, 0.3) is 0 Å². The number of rotatable bonds is 3. The molecule has 2 heterocycles. The number of allylic oxidation sites excluding steroid dienone is 4. The van der Waals surface area contributed by atoms with Gasteiger partial charge in [0.1, 0.15) is 29.8 Å². The molecule has 1 aliphatic carbocycles. The van der Waals surface area contributed by atoms with Gasteiger partial charge >= 0.3 is 0 Å². The highest BCUT2D eigenvalue weighted by atomic mass is 19.1. The first kappa shape index (κ1) is 16.2. The van der Waals surface area contributed by atoms with E-state index in [2.05, 4.69) is 16.3 Å². The van der Waals surface area contributed by atoms with Gasteiger partial charge < -0.3 is 14.6 Å². The Hall–Kier alpha value is -3.28. The van der Waals surface area contributed by atoms with E-state index in [1.165, 1.54) is 24.5 Å². The van der Waals surface area contributed by atoms with Gasteiger partial charge in [-0.2, -0.15) is 5.10 Å². The number of ether oxygens (including phenoxy) is 2. The molecule has 0 amide bonds. The summed E-state index contributed by atoms with van der Waals surface area (Å²) in [6.45, 7) is 1.83. The third-order valence-electron chi connectivity index (χ3n) is 4.31. The van der Waals surface area contributed by atoms with E-state index in [1.54, 1.807) is 6.26 Å². The average Bonchev–Trinajstić information content (AvgIpc) is 3.06. The molecule has 0 bridgehead atoms. The summed E-state index contributed by atoms with van der Waals surface area (Å²) in [5, 5.41) is 17.2. The fourth-order valence-corrected chi connectivity index (χ4v) is 3.01. The van der Waals surface area contributed by atoms with Gasteiger partial charge in [0.2, 0.25) is 0 Å². The number of nitrogens with one attached hydrogen (secondary N) is 1. The predicted octanol–water partition coefficient (Wildman–Crippen LogP) is 4.69. The van der Waals surface area contributed by atoms with Crippen LogP contribution in [0, 0.1) is 12.7 Å². The lowest BCUT2D eigenvalue weighted by Gasteiger charge is -2.20. The molecular weight excluding hydrogens is 335 g/mol. The smallest absolute Gasteiger partial charge is 0.173 e. The third-order valence-corrected chi connectivity index (χ3v) is 4.31. The second kappa shape index (κ2) is 6.55. The van der Waals surface area contributed by atoms with E-state index >= 15 is 0 Å². The Morgan fingerprint density at radius 1 is 1.23 bits per heavy atom. The zero-order valence-electron chi connectivity index (χ0n) is 14.1. The SMILES string of the molecule is Cc1[nH]nc(-c2cc(F)ccc2O)c1C1=COC=C(C2=CC=CCC2)O1. The summed E-state index contributed by atoms with van der Waals surface area (Å²) in [5.41, 5.74) is 3.05. The van der Waals surface area contributed by atoms with Crippen molar-refractivity contribution in [1.29, 1.82) is 0 Å². The number of halogens is 1. The lowest BCUT2D eigenvalue weighted by atomic mass is 10.0. The minimum absolute atomic E-state index is 0.0626. The number of benzene rings is 1. The van der Waals surface area contributed by atoms with E-state index in [9.17, 15) is 9.50 Å². The predicted molar refractivity (Wildman–Crippen MR) is 95.1 cm³/mol. The van der Waals surface area contributed by atoms with Crippen molar-refractivity contribution in [2.75, 3.05) is 0 Å². The first-order valence-corrected chi connectivity index (χ1v) is 8.27. The molecule has 0 fully saturated rings. The molecule has 1 aromatic heterocycles. The van der Waals surface area contributed by atoms with E-state index in [0.717, 1.165) is 24.1 Å². The second-order valence-corrected chi connectivity index (χ2v) is 6.09. The molecular formula is C20H17FN2O3. The van der Waals surface area contributed by atoms with Crippen molar-refractivity contribution in [2.45, 2.75) is 19.8 Å². The lowest BCUT2D eigenvalue weighted by molar-refractivity contribution is 0.285. The lowest BCUT2D eigenvalue weighted by Crippen LogP contribution is -2.04. The molecule has 2 aliphatic rings. The number of hydrogen-bond acceptors (Lipinski definition) is 4. The van der Waals surface area contributed by atoms with Crippen LogP contribution in [0.1, 0.15) is 24.1 Å². The number of aromatic amines is 1. The second-order valence-electron chi connectivity index (χ2n) is 6.09. The molecule has 132 valence electrons. The summed E-state index contributed by atoms with van der Waals surface area (Å²) in [5.74, 6) is 0.552. The topological polar surface area (TPSA) is 67.4 Å². The van der Waals surface area contributed by atoms with Gasteiger partial charge in [0.15, 0.2) is 11.5 Å². The van der Waals surface area contributed by atoms with Crippen LogP contribution in [0.3, 0.4) is 0 Å². The number of phenols is 1. The molecule has 0 atom stereocenters. The van der Waals surface area contributed by atoms with Crippen molar-refractivity contribution in [3.63, 3.8) is 0 Å². The van der Waals surface area contributed by atoms with Gasteiger partial charge in [0.05, 0.1) is 5.56 Å². The monoisotopic (exact) mass is 352 g/mol. The zero-order chi connectivity index (χ0) is 18.1. The molecule has 1 aliphatic heterocycles. The molecule has 2 N–H and O–H groups in total. The van der Waals surface area contributed by atoms with E-state index in [-0.39, 0.29) is 11.3 Å². The maximum absolute atomic E-state index is 13.7. The Bertz CT molecular complexity index is 983. The highest BCUT2D eigenvalue weighted by molar-refractivity contribution is 5.80. The van der Waals surface area contributed by atoms with Crippen LogP contribution in [0.15, 0.2) is 60.3 Å². The Labute approximate surface area is 149 Å². The minimum atomic E-state index is -0.459. The quantitative estimate of drug-likeness (QED) is 0.841. The van der Waals surface area contributed by atoms with Gasteiger partial charge in [0, 0.05) is 11.3 Å². The van der Waals surface area contributed by atoms with Crippen molar-refractivity contribution >= 4 is 5.76 Å². The Balaban J connectivity index is 1.72. The molecule has 0 saturated heterocycles. The van der Waals surface area contributed by atoms with Crippen molar-refractivity contribution in [2.24, 2.45) is 0 Å². The highest BCUT2D eigenvalue weighted by Gasteiger charge is 2.24. The van der Waals surface area contributed by atoms with Crippen molar-refractivity contribution in [3.05, 3.63) is 77.4 Å². The number of aromatic hydroxyl groups is 1. The van der Waals surface area contributed by atoms with Gasteiger partial charge in [-0.25, -0.2) is 4.39 Å². The fraction of sp³-hybridized carbons (Fsp3) is 0.150. The van der Waals surface area contributed by atoms with Crippen molar-refractivity contribution in [1.82, 2.24) is 10.2 Å². The summed E-state index contributed by atoms with van der Waals surface area (Å²) in [6.07, 6.45) is 10.9. The molecule has 1 aromatic carbocycles. The van der Waals surface area contributed by atoms with Crippen LogP contribution in [0.4, 0.5) is 4.39 Å². The Morgan fingerprint density at radius 2 is 2.08 bits per heavy atom. The van der Waals surface area contributed by atoms with E-state index < -0.39 is 5.82 Å². The summed E-state index contributed by atoms with van der Waals surface area (Å²) in [4.78, 5) is 0. The third kappa shape index (κ3) is 2.90. The number of hydrogen-bond donors (Lipinski definition) is 2. The minimum Gasteiger partial charge on any atom is -0.507 e. The first-order valence-electron chi connectivity index (χ1n) is 8.27. The summed E-state index contributed by atoms with van der Waals surface area (Å²) < 4.78 is 25.2. The molecule has 6 heteroatoms. The van der Waals surface area contributed by atoms with Crippen molar-refractivity contribution < 1.29 is 19.0 Å². The van der Waals surface area contributed by atoms with Gasteiger partial charge in [-0.3, -0.25) is 5.10 Å². The fourth-order valence-electron chi connectivity index (χ4n) is 3.01. The van der Waals surface area contributed by atoms with E-state index in [1.807, 2.05) is 19.1 Å². The Kier molecular flexibility index (Phi) is 4.08. The summed E-state index contributed by atoms with van der Waals surface area (Å²) in [7, 11) is 0. The molecule has 2 aromatic rings. The number of H-pyrrole nitrogens is 1. The van der Waals surface area contributed by atoms with Crippen LogP contribution in [0.2, 0.25) is 0 Å². The first-order chi connectivity index (χ1) is 12.6. The molecule has 5 nitrogen and oxygen atoms in total. The van der Waals surface area contributed by atoms with Gasteiger partial charge in [-0.15, -0.1) is 0 Å². The molecule has 0 radical (unpaired) electrons. The van der Waals surface area contributed by atoms with Crippen LogP contribution in [0.25, 0.3) is 17.0 Å². The highest BCUT2D eigenvalue weighted by Crippen LogP contribution is 2.38. The molecule has 0 saturated carbocycles. The summed E-state index contributed by atoms with van der Waals surface area (Å²) in [6, 6.07) is 3.74. The average molecular weight is 352 g/mol. The van der Waals surface area contributed by atoms with Gasteiger partial charge in [-0.05, 0) is 43.5 Å². The number of aryl methyl sites for hydroxylation is 1. The number of aromatic nitrogens is 2. The number of nitrogens with zero attached hydrogens (tertiary/aromatic N) is 1. The maximum atomic E-state index is 13.7. The van der Waals surface area contributed by atoms with Crippen LogP contribution in [-0.2, 0) is 9.47 Å². The van der Waals surface area contributed by atoms with Crippen LogP contribution in [-0.4, -0.2) is 15.3 Å². The molecule has 4 rings (SSSR count). The summed E-state index contributed by atoms with van der Waals surface area (Å²) >= 11 is 0. The maximum Gasteiger partial charge on any atom is 0.173 e. The van der Waals surface area contributed by atoms with Crippen LogP contribution in [0.5, 0.6) is 5.75 Å². The van der Waals surface area contributed by atoms with Crippen molar-refractivity contribution in [3.8, 4) is 17.0 Å². The largest absolute Gasteiger partial charge is 0.507 e. The van der Waals surface area contributed by atoms with Crippen LogP contribution >= 0.6 is 0 Å². The molecule has 26 heavy (non-hydrogen) atoms. The Morgan fingerprint density at radius 3 is 2.88 bits per heavy atom. The van der Waals surface area contributed by atoms with Crippen LogP contribution < -0.4 is 0 Å². The zero-order valence-corrected chi connectivity index (χ0v) is 14.1. The molecule has 0 spiro atoms. The molecule has 0 unspecified atom stereocenters. The van der Waals surface area contributed by atoms with Gasteiger partial charge in [-0.1, -0.05) is 18.2 Å². The number of phenolic OH excluding ortho intramolecular Hbond substituents is 1. The standard InChI is InChI=1S/C20H17FN2O3/c1-12-19(20(23-22-12)15-9-14(21)7-8-16(15)24)18-11-25-10-17(26-18)13-5-3-2-4-6-13/h2-3,5,7-11,24H,4,6H2,1H3,(H,22,23). The van der Waals surface area contributed by atoms with E-state index in [4.69, 9.17) is 9.47 Å².